The molecule has 0 aromatic heterocycles. The van der Waals surface area contributed by atoms with Crippen LogP contribution in [0.15, 0.2) is 0 Å². The Bertz CT molecular complexity index is 143. The second-order valence-electron chi connectivity index (χ2n) is 2.28. The fourth-order valence-electron chi connectivity index (χ4n) is 0.718. The number of nitrogens with zero attached hydrogens (tertiary/aromatic N) is 1. The molecule has 5 nitrogen and oxygen atoms in total. The van der Waals surface area contributed by atoms with Crippen molar-refractivity contribution in [3.05, 3.63) is 5.21 Å². The monoisotopic (exact) mass is 147 g/mol. The van der Waals surface area contributed by atoms with E-state index in [0.717, 1.165) is 6.42 Å². The quantitative estimate of drug-likeness (QED) is 0.440. The fraction of sp³-hybridized carbons (Fsp3) is 0.800. The molecule has 10 heavy (non-hydrogen) atoms. The van der Waals surface area contributed by atoms with E-state index in [1.165, 1.54) is 0 Å². The molecule has 1 heterocycles. The van der Waals surface area contributed by atoms with Gasteiger partial charge in [-0.15, -0.1) is 0 Å². The maximum Gasteiger partial charge on any atom is 0.336 e. The van der Waals surface area contributed by atoms with Crippen LogP contribution in [0.1, 0.15) is 6.42 Å². The molecule has 0 aromatic rings. The van der Waals surface area contributed by atoms with Crippen molar-refractivity contribution in [1.29, 1.82) is 0 Å². The molecule has 1 rings (SSSR count). The van der Waals surface area contributed by atoms with E-state index < -0.39 is 17.4 Å². The van der Waals surface area contributed by atoms with E-state index in [4.69, 9.17) is 5.11 Å². The predicted molar refractivity (Wildman–Crippen MR) is 31.6 cm³/mol. The van der Waals surface area contributed by atoms with Crippen LogP contribution in [0.3, 0.4) is 0 Å². The Morgan fingerprint density at radius 1 is 1.70 bits per heavy atom. The van der Waals surface area contributed by atoms with Gasteiger partial charge in [0.05, 0.1) is 6.42 Å². The van der Waals surface area contributed by atoms with Crippen molar-refractivity contribution in [2.24, 2.45) is 0 Å². The first kappa shape index (κ1) is 7.46. The van der Waals surface area contributed by atoms with Crippen LogP contribution in [0.5, 0.6) is 0 Å². The molecule has 0 spiro atoms. The smallest absolute Gasteiger partial charge is 0.336 e. The Hall–Kier alpha value is -0.650. The van der Waals surface area contributed by atoms with Crippen LogP contribution < -0.4 is 0 Å². The van der Waals surface area contributed by atoms with Crippen LogP contribution in [0.2, 0.25) is 0 Å². The van der Waals surface area contributed by atoms with Gasteiger partial charge in [0.1, 0.15) is 13.1 Å². The fourth-order valence-corrected chi connectivity index (χ4v) is 0.718. The molecule has 1 fully saturated rings. The van der Waals surface area contributed by atoms with Crippen LogP contribution in [0, 0.1) is 5.21 Å². The Labute approximate surface area is 57.9 Å². The van der Waals surface area contributed by atoms with Crippen molar-refractivity contribution in [3.8, 4) is 0 Å². The van der Waals surface area contributed by atoms with Gasteiger partial charge in [0.15, 0.2) is 0 Å². The third-order valence-corrected chi connectivity index (χ3v) is 1.42. The third-order valence-electron chi connectivity index (χ3n) is 1.42. The van der Waals surface area contributed by atoms with E-state index >= 15 is 0 Å². The molecule has 0 atom stereocenters. The van der Waals surface area contributed by atoms with Crippen molar-refractivity contribution in [2.45, 2.75) is 6.42 Å². The molecule has 0 aliphatic carbocycles. The summed E-state index contributed by atoms with van der Waals surface area (Å²) < 4.78 is 0. The van der Waals surface area contributed by atoms with Crippen LogP contribution >= 0.6 is 0 Å². The molecule has 0 aromatic carbocycles. The number of carboxylic acid groups (broad SMARTS) is 1. The summed E-state index contributed by atoms with van der Waals surface area (Å²) in [6.07, 6.45) is 0.823. The average molecular weight is 147 g/mol. The summed E-state index contributed by atoms with van der Waals surface area (Å²) in [5.41, 5.74) is 0. The molecule has 1 aliphatic rings. The number of rotatable bonds is 3. The normalized spacial score (nSPS) is 21.7. The number of quaternary nitrogens is 1. The molecule has 1 aliphatic heterocycles. The van der Waals surface area contributed by atoms with Gasteiger partial charge in [0.2, 0.25) is 6.61 Å². The first-order chi connectivity index (χ1) is 4.62. The topological polar surface area (TPSA) is 69.6 Å². The largest absolute Gasteiger partial charge is 0.598 e. The molecule has 58 valence electrons. The number of hydroxylamine groups is 4. The maximum absolute atomic E-state index is 10.9. The van der Waals surface area contributed by atoms with Gasteiger partial charge in [-0.2, -0.15) is 4.84 Å². The van der Waals surface area contributed by atoms with Gasteiger partial charge in [0, 0.05) is 0 Å². The highest BCUT2D eigenvalue weighted by Crippen LogP contribution is 2.17. The minimum absolute atomic E-state index is 0.382. The molecule has 0 amide bonds. The summed E-state index contributed by atoms with van der Waals surface area (Å²) in [6.45, 7) is 0.268. The zero-order valence-electron chi connectivity index (χ0n) is 5.45. The SMILES string of the molecule is O=C(O)CO[N+]1([O-])CCC1. The first-order valence-corrected chi connectivity index (χ1v) is 3.07. The van der Waals surface area contributed by atoms with Gasteiger partial charge in [-0.1, -0.05) is 0 Å². The Kier molecular flexibility index (Phi) is 1.89. The second-order valence-corrected chi connectivity index (χ2v) is 2.28. The minimum atomic E-state index is -1.10. The highest BCUT2D eigenvalue weighted by Gasteiger charge is 2.29. The lowest BCUT2D eigenvalue weighted by atomic mass is 10.3. The lowest BCUT2D eigenvalue weighted by Gasteiger charge is -2.44. The molecular formula is C5H9NO4. The van der Waals surface area contributed by atoms with Gasteiger partial charge < -0.3 is 10.3 Å². The lowest BCUT2D eigenvalue weighted by Crippen LogP contribution is -2.53. The summed E-state index contributed by atoms with van der Waals surface area (Å²) in [6, 6.07) is 0. The Balaban J connectivity index is 2.18. The van der Waals surface area contributed by atoms with E-state index in [1.807, 2.05) is 0 Å². The van der Waals surface area contributed by atoms with E-state index in [1.54, 1.807) is 0 Å². The van der Waals surface area contributed by atoms with Crippen molar-refractivity contribution >= 4 is 5.97 Å². The van der Waals surface area contributed by atoms with Gasteiger partial charge in [-0.05, 0) is 0 Å². The van der Waals surface area contributed by atoms with E-state index in [-0.39, 0.29) is 0 Å². The van der Waals surface area contributed by atoms with Crippen molar-refractivity contribution < 1.29 is 19.5 Å². The molecule has 1 saturated heterocycles. The number of hydrogen-bond acceptors (Lipinski definition) is 3. The second kappa shape index (κ2) is 2.53. The van der Waals surface area contributed by atoms with Crippen molar-refractivity contribution in [2.75, 3.05) is 19.7 Å². The first-order valence-electron chi connectivity index (χ1n) is 3.07. The molecule has 5 heteroatoms. The highest BCUT2D eigenvalue weighted by molar-refractivity contribution is 5.67. The molecular weight excluding hydrogens is 138 g/mol. The summed E-state index contributed by atoms with van der Waals surface area (Å²) in [5.74, 6) is -1.10. The van der Waals surface area contributed by atoms with Crippen LogP contribution in [-0.4, -0.2) is 35.6 Å². The number of carbonyl (C=O) groups is 1. The molecule has 0 radical (unpaired) electrons. The Morgan fingerprint density at radius 2 is 2.30 bits per heavy atom. The zero-order chi connectivity index (χ0) is 7.61. The van der Waals surface area contributed by atoms with Crippen LogP contribution in [0.25, 0.3) is 0 Å². The maximum atomic E-state index is 10.9. The predicted octanol–water partition coefficient (Wildman–Crippen LogP) is -0.279. The van der Waals surface area contributed by atoms with Crippen LogP contribution in [0.4, 0.5) is 0 Å². The molecule has 0 saturated carbocycles. The summed E-state index contributed by atoms with van der Waals surface area (Å²) in [7, 11) is 0. The minimum Gasteiger partial charge on any atom is -0.598 e. The summed E-state index contributed by atoms with van der Waals surface area (Å²) >= 11 is 0. The molecule has 0 bridgehead atoms. The number of carboxylic acids is 1. The number of aliphatic carboxylic acids is 1. The van der Waals surface area contributed by atoms with E-state index in [9.17, 15) is 10.0 Å². The standard InChI is InChI=1S/C5H9NO4/c7-5(8)4-10-6(9)2-1-3-6/h1-4H2,(H,7,8). The highest BCUT2D eigenvalue weighted by atomic mass is 16.9. The molecule has 0 unspecified atom stereocenters. The number of hydrogen-bond donors (Lipinski definition) is 1. The van der Waals surface area contributed by atoms with E-state index in [2.05, 4.69) is 4.84 Å². The summed E-state index contributed by atoms with van der Waals surface area (Å²) in [5, 5.41) is 19.0. The zero-order valence-corrected chi connectivity index (χ0v) is 5.45. The van der Waals surface area contributed by atoms with Gasteiger partial charge in [0.25, 0.3) is 0 Å². The van der Waals surface area contributed by atoms with Gasteiger partial charge >= 0.3 is 5.97 Å². The van der Waals surface area contributed by atoms with E-state index in [0.29, 0.717) is 13.1 Å². The van der Waals surface area contributed by atoms with Crippen molar-refractivity contribution in [3.63, 3.8) is 0 Å². The third kappa shape index (κ3) is 1.66. The van der Waals surface area contributed by atoms with Crippen molar-refractivity contribution in [1.82, 2.24) is 0 Å². The van der Waals surface area contributed by atoms with Gasteiger partial charge in [-0.3, -0.25) is 0 Å². The lowest BCUT2D eigenvalue weighted by molar-refractivity contribution is -1.09. The molecule has 1 N–H and O–H groups in total. The average Bonchev–Trinajstić information content (AvgIpc) is 1.79. The van der Waals surface area contributed by atoms with Gasteiger partial charge in [-0.25, -0.2) is 9.60 Å². The Morgan fingerprint density at radius 3 is 2.60 bits per heavy atom. The van der Waals surface area contributed by atoms with Crippen LogP contribution in [-0.2, 0) is 9.63 Å². The summed E-state index contributed by atoms with van der Waals surface area (Å²) in [4.78, 5) is 13.6.